The number of nitrogens with zero attached hydrogens (tertiary/aromatic N) is 1. The second-order valence-corrected chi connectivity index (χ2v) is 7.56. The first kappa shape index (κ1) is 15.6. The van der Waals surface area contributed by atoms with E-state index in [1.165, 1.54) is 0 Å². The van der Waals surface area contributed by atoms with Gasteiger partial charge in [-0.3, -0.25) is 0 Å². The number of benzene rings is 1. The van der Waals surface area contributed by atoms with E-state index >= 15 is 0 Å². The first-order valence-corrected chi connectivity index (χ1v) is 8.23. The van der Waals surface area contributed by atoms with Crippen LogP contribution in [0.3, 0.4) is 0 Å². The lowest BCUT2D eigenvalue weighted by atomic mass is 9.98. The third-order valence-corrected chi connectivity index (χ3v) is 4.75. The molecule has 1 aromatic rings. The van der Waals surface area contributed by atoms with Crippen LogP contribution >= 0.6 is 58.2 Å². The van der Waals surface area contributed by atoms with E-state index < -0.39 is 3.79 Å². The van der Waals surface area contributed by atoms with Gasteiger partial charge in [0.2, 0.25) is 3.79 Å². The summed E-state index contributed by atoms with van der Waals surface area (Å²) in [5.41, 5.74) is 3.21. The van der Waals surface area contributed by atoms with Crippen molar-refractivity contribution >= 4 is 63.9 Å². The Hall–Kier alpha value is 0.200. The number of halogens is 4. The normalized spacial score (nSPS) is 15.4. The summed E-state index contributed by atoms with van der Waals surface area (Å²) in [6.07, 6.45) is 2.68. The molecule has 0 bridgehead atoms. The zero-order chi connectivity index (χ0) is 14.2. The van der Waals surface area contributed by atoms with Gasteiger partial charge in [-0.25, -0.2) is 0 Å². The fraction of sp³-hybridized carbons (Fsp3) is 0.417. The van der Waals surface area contributed by atoms with Crippen molar-refractivity contribution in [3.8, 4) is 0 Å². The lowest BCUT2D eigenvalue weighted by Gasteiger charge is -2.20. The molecule has 1 aliphatic rings. The van der Waals surface area contributed by atoms with E-state index in [0.717, 1.165) is 28.2 Å². The molecule has 0 N–H and O–H groups in total. The number of hydrogen-bond donors (Lipinski definition) is 0. The maximum Gasteiger partial charge on any atom is 0.216 e. The number of thioether (sulfide) groups is 1. The molecule has 0 unspecified atom stereocenters. The Morgan fingerprint density at radius 2 is 2.05 bits per heavy atom. The first-order valence-electron chi connectivity index (χ1n) is 5.49. The van der Waals surface area contributed by atoms with E-state index in [1.807, 2.05) is 13.2 Å². The molecule has 0 spiro atoms. The Kier molecular flexibility index (Phi) is 4.84. The monoisotopic (exact) mass is 357 g/mol. The molecule has 0 atom stereocenters. The van der Waals surface area contributed by atoms with Crippen LogP contribution in [0.4, 0.5) is 0 Å². The molecule has 19 heavy (non-hydrogen) atoms. The van der Waals surface area contributed by atoms with Gasteiger partial charge in [0.15, 0.2) is 0 Å². The third-order valence-electron chi connectivity index (χ3n) is 2.90. The van der Waals surface area contributed by atoms with Gasteiger partial charge in [0.25, 0.3) is 0 Å². The highest BCUT2D eigenvalue weighted by atomic mass is 35.6. The molecule has 0 saturated carbocycles. The molecule has 2 nitrogen and oxygen atoms in total. The summed E-state index contributed by atoms with van der Waals surface area (Å²) in [6.45, 7) is 2.47. The van der Waals surface area contributed by atoms with Crippen molar-refractivity contribution in [1.82, 2.24) is 0 Å². The van der Waals surface area contributed by atoms with E-state index in [0.29, 0.717) is 17.2 Å². The fourth-order valence-electron chi connectivity index (χ4n) is 2.05. The molecule has 0 fully saturated rings. The minimum atomic E-state index is -1.51. The van der Waals surface area contributed by atoms with Gasteiger partial charge in [0.05, 0.1) is 10.7 Å². The Balaban J connectivity index is 2.71. The van der Waals surface area contributed by atoms with Crippen molar-refractivity contribution in [2.24, 2.45) is 5.16 Å². The number of alkyl halides is 3. The molecule has 0 radical (unpaired) electrons. The third kappa shape index (κ3) is 3.11. The summed E-state index contributed by atoms with van der Waals surface area (Å²) in [5, 5.41) is 4.61. The molecular formula is C12H11Cl4NOS. The average Bonchev–Trinajstić information content (AvgIpc) is 2.82. The van der Waals surface area contributed by atoms with E-state index in [2.05, 4.69) is 5.16 Å². The molecule has 1 heterocycles. The smallest absolute Gasteiger partial charge is 0.216 e. The van der Waals surface area contributed by atoms with E-state index in [1.54, 1.807) is 17.8 Å². The molecule has 2 rings (SSSR count). The second kappa shape index (κ2) is 5.90. The topological polar surface area (TPSA) is 21.6 Å². The summed E-state index contributed by atoms with van der Waals surface area (Å²) in [5.74, 6) is 0. The zero-order valence-electron chi connectivity index (χ0n) is 10.3. The highest BCUT2D eigenvalue weighted by Gasteiger charge is 2.30. The molecule has 1 aliphatic heterocycles. The van der Waals surface area contributed by atoms with Gasteiger partial charge in [-0.2, -0.15) is 0 Å². The SMILES string of the molecule is CSc1c(Cl)cc(C(Cl)(Cl)Cl)c(C)c1C1=NOCC1. The molecule has 0 amide bonds. The summed E-state index contributed by atoms with van der Waals surface area (Å²) in [6, 6.07) is 1.70. The molecule has 0 aromatic heterocycles. The summed E-state index contributed by atoms with van der Waals surface area (Å²) in [7, 11) is 0. The lowest BCUT2D eigenvalue weighted by molar-refractivity contribution is 0.174. The van der Waals surface area contributed by atoms with Gasteiger partial charge < -0.3 is 4.84 Å². The van der Waals surface area contributed by atoms with Crippen LogP contribution in [0.1, 0.15) is 23.1 Å². The van der Waals surface area contributed by atoms with Crippen LogP contribution in [0, 0.1) is 6.92 Å². The van der Waals surface area contributed by atoms with Crippen molar-refractivity contribution in [3.63, 3.8) is 0 Å². The highest BCUT2D eigenvalue weighted by Crippen LogP contribution is 2.45. The number of hydrogen-bond acceptors (Lipinski definition) is 3. The molecule has 1 aromatic carbocycles. The van der Waals surface area contributed by atoms with Crippen LogP contribution in [0.15, 0.2) is 16.1 Å². The Labute approximate surface area is 136 Å². The Morgan fingerprint density at radius 3 is 2.53 bits per heavy atom. The quantitative estimate of drug-likeness (QED) is 0.527. The number of oxime groups is 1. The van der Waals surface area contributed by atoms with Crippen LogP contribution in [0.2, 0.25) is 5.02 Å². The molecule has 0 aliphatic carbocycles. The maximum atomic E-state index is 6.30. The van der Waals surface area contributed by atoms with Gasteiger partial charge in [-0.1, -0.05) is 51.6 Å². The van der Waals surface area contributed by atoms with Crippen LogP contribution in [-0.4, -0.2) is 18.6 Å². The largest absolute Gasteiger partial charge is 0.395 e. The minimum absolute atomic E-state index is 0.559. The average molecular weight is 359 g/mol. The second-order valence-electron chi connectivity index (χ2n) is 4.06. The molecular weight excluding hydrogens is 348 g/mol. The predicted molar refractivity (Wildman–Crippen MR) is 84.3 cm³/mol. The van der Waals surface area contributed by atoms with Gasteiger partial charge in [-0.15, -0.1) is 11.8 Å². The van der Waals surface area contributed by atoms with E-state index in [9.17, 15) is 0 Å². The van der Waals surface area contributed by atoms with Gasteiger partial charge in [0.1, 0.15) is 6.61 Å². The van der Waals surface area contributed by atoms with Crippen LogP contribution in [-0.2, 0) is 8.63 Å². The molecule has 0 saturated heterocycles. The van der Waals surface area contributed by atoms with Gasteiger partial charge in [0, 0.05) is 22.4 Å². The van der Waals surface area contributed by atoms with Crippen LogP contribution in [0.5, 0.6) is 0 Å². The van der Waals surface area contributed by atoms with Crippen molar-refractivity contribution in [3.05, 3.63) is 27.8 Å². The molecule has 104 valence electrons. The summed E-state index contributed by atoms with van der Waals surface area (Å²) < 4.78 is -1.51. The predicted octanol–water partition coefficient (Wildman–Crippen LogP) is 5.32. The molecule has 7 heteroatoms. The fourth-order valence-corrected chi connectivity index (χ4v) is 3.80. The minimum Gasteiger partial charge on any atom is -0.395 e. The van der Waals surface area contributed by atoms with E-state index in [4.69, 9.17) is 51.2 Å². The first-order chi connectivity index (χ1) is 8.86. The Bertz CT molecular complexity index is 540. The highest BCUT2D eigenvalue weighted by molar-refractivity contribution is 7.98. The van der Waals surface area contributed by atoms with Crippen LogP contribution < -0.4 is 0 Å². The Morgan fingerprint density at radius 1 is 1.37 bits per heavy atom. The van der Waals surface area contributed by atoms with E-state index in [-0.39, 0.29) is 0 Å². The van der Waals surface area contributed by atoms with Crippen molar-refractivity contribution < 1.29 is 4.84 Å². The summed E-state index contributed by atoms with van der Waals surface area (Å²) in [4.78, 5) is 6.00. The van der Waals surface area contributed by atoms with Gasteiger partial charge >= 0.3 is 0 Å². The maximum absolute atomic E-state index is 6.30. The summed E-state index contributed by atoms with van der Waals surface area (Å²) >= 11 is 25.9. The number of rotatable bonds is 2. The van der Waals surface area contributed by atoms with Crippen molar-refractivity contribution in [2.45, 2.75) is 22.0 Å². The van der Waals surface area contributed by atoms with Crippen molar-refractivity contribution in [1.29, 1.82) is 0 Å². The van der Waals surface area contributed by atoms with Gasteiger partial charge in [-0.05, 0) is 24.8 Å². The van der Waals surface area contributed by atoms with Crippen molar-refractivity contribution in [2.75, 3.05) is 12.9 Å². The standard InChI is InChI=1S/C12H11Cl4NOS/c1-6-7(12(14,15)16)5-8(13)11(19-2)10(6)9-3-4-18-17-9/h5H,3-4H2,1-2H3. The lowest BCUT2D eigenvalue weighted by Crippen LogP contribution is -2.11. The van der Waals surface area contributed by atoms with Crippen LogP contribution in [0.25, 0.3) is 0 Å². The zero-order valence-corrected chi connectivity index (χ0v) is 14.1.